The molecule has 15 nitrogen and oxygen atoms in total. The maximum absolute atomic E-state index is 13.7. The van der Waals surface area contributed by atoms with E-state index in [9.17, 15) is 14.4 Å². The average Bonchev–Trinajstić information content (AvgIpc) is 3.98. The molecule has 0 spiro atoms. The minimum atomic E-state index is -0.959. The third kappa shape index (κ3) is 10.2. The van der Waals surface area contributed by atoms with Gasteiger partial charge in [0, 0.05) is 11.1 Å². The number of rotatable bonds is 15. The number of nitrogens with one attached hydrogen (secondary N) is 1. The first-order valence-electron chi connectivity index (χ1n) is 20.0. The van der Waals surface area contributed by atoms with Gasteiger partial charge in [0.25, 0.3) is 0 Å². The van der Waals surface area contributed by atoms with E-state index in [0.29, 0.717) is 30.0 Å². The average molecular weight is 828 g/mol. The Labute approximate surface area is 353 Å². The van der Waals surface area contributed by atoms with Crippen molar-refractivity contribution < 1.29 is 38.1 Å². The van der Waals surface area contributed by atoms with Crippen molar-refractivity contribution >= 4 is 18.0 Å². The Morgan fingerprint density at radius 3 is 1.89 bits per heavy atom. The lowest BCUT2D eigenvalue weighted by molar-refractivity contribution is -0.148. The number of hydrogen-bond donors (Lipinski definition) is 1. The highest BCUT2D eigenvalue weighted by molar-refractivity contribution is 5.94. The summed E-state index contributed by atoms with van der Waals surface area (Å²) in [6, 6.07) is 26.7. The zero-order valence-electron chi connectivity index (χ0n) is 35.3. The van der Waals surface area contributed by atoms with Crippen LogP contribution in [0.5, 0.6) is 11.5 Å². The Morgan fingerprint density at radius 2 is 1.30 bits per heavy atom. The highest BCUT2D eigenvalue weighted by Gasteiger charge is 2.29. The number of nitrogens with zero attached hydrogens (tertiary/aromatic N) is 6. The minimum Gasteiger partial charge on any atom is -0.497 e. The first kappa shape index (κ1) is 42.1. The largest absolute Gasteiger partial charge is 0.497 e. The summed E-state index contributed by atoms with van der Waals surface area (Å²) in [6.45, 7) is 9.07. The summed E-state index contributed by atoms with van der Waals surface area (Å²) in [4.78, 5) is 42.1. The van der Waals surface area contributed by atoms with Crippen LogP contribution in [-0.2, 0) is 38.5 Å². The van der Waals surface area contributed by atoms with E-state index < -0.39 is 29.7 Å². The molecule has 1 N–H and O–H groups in total. The fourth-order valence-electron chi connectivity index (χ4n) is 6.93. The zero-order valence-corrected chi connectivity index (χ0v) is 35.3. The molecule has 6 aromatic rings. The van der Waals surface area contributed by atoms with Gasteiger partial charge in [0.1, 0.15) is 47.7 Å². The van der Waals surface area contributed by atoms with E-state index in [1.165, 1.54) is 4.80 Å². The van der Waals surface area contributed by atoms with Gasteiger partial charge in [-0.25, -0.2) is 14.4 Å². The fraction of sp³-hybridized carbons (Fsp3) is 0.326. The van der Waals surface area contributed by atoms with Gasteiger partial charge < -0.3 is 29.0 Å². The second-order valence-electron chi connectivity index (χ2n) is 16.0. The van der Waals surface area contributed by atoms with Gasteiger partial charge in [-0.05, 0) is 103 Å². The van der Waals surface area contributed by atoms with E-state index in [2.05, 4.69) is 33.7 Å². The van der Waals surface area contributed by atoms with Crippen LogP contribution in [0.15, 0.2) is 91.1 Å². The number of fused-ring (bicyclic) bond motifs is 3. The van der Waals surface area contributed by atoms with Crippen LogP contribution in [0.2, 0.25) is 0 Å². The first-order valence-corrected chi connectivity index (χ1v) is 20.0. The van der Waals surface area contributed by atoms with Gasteiger partial charge in [0.05, 0.1) is 33.5 Å². The van der Waals surface area contributed by atoms with E-state index in [1.54, 1.807) is 59.8 Å². The molecule has 1 aliphatic carbocycles. The molecule has 0 saturated heterocycles. The van der Waals surface area contributed by atoms with E-state index >= 15 is 0 Å². The van der Waals surface area contributed by atoms with Crippen LogP contribution in [0.3, 0.4) is 0 Å². The van der Waals surface area contributed by atoms with Crippen molar-refractivity contribution in [3.63, 3.8) is 0 Å². The topological polar surface area (TPSA) is 171 Å². The quantitative estimate of drug-likeness (QED) is 0.0631. The maximum atomic E-state index is 13.7. The van der Waals surface area contributed by atoms with Crippen molar-refractivity contribution in [3.8, 4) is 45.1 Å². The molecule has 0 bridgehead atoms. The van der Waals surface area contributed by atoms with Crippen molar-refractivity contribution in [1.29, 1.82) is 0 Å². The summed E-state index contributed by atoms with van der Waals surface area (Å²) in [5.74, 6) is -0.181. The predicted molar refractivity (Wildman–Crippen MR) is 226 cm³/mol. The Bertz CT molecular complexity index is 2520. The van der Waals surface area contributed by atoms with Gasteiger partial charge in [0.15, 0.2) is 5.69 Å². The Kier molecular flexibility index (Phi) is 12.5. The minimum absolute atomic E-state index is 0.0157. The monoisotopic (exact) mass is 827 g/mol. The van der Waals surface area contributed by atoms with Crippen molar-refractivity contribution in [3.05, 3.63) is 119 Å². The summed E-state index contributed by atoms with van der Waals surface area (Å²) < 4.78 is 26.9. The van der Waals surface area contributed by atoms with Crippen molar-refractivity contribution in [2.75, 3.05) is 27.4 Å². The number of aromatic nitrogens is 6. The van der Waals surface area contributed by atoms with Gasteiger partial charge in [-0.3, -0.25) is 0 Å². The molecule has 7 rings (SSSR count). The highest BCUT2D eigenvalue weighted by Crippen LogP contribution is 2.40. The number of hydrogen-bond acceptors (Lipinski definition) is 12. The number of ether oxygens (including phenoxy) is 5. The summed E-state index contributed by atoms with van der Waals surface area (Å²) >= 11 is 0. The molecule has 15 heteroatoms. The van der Waals surface area contributed by atoms with Crippen LogP contribution in [0.1, 0.15) is 67.4 Å². The van der Waals surface area contributed by atoms with Gasteiger partial charge in [0.2, 0.25) is 0 Å². The molecule has 0 radical (unpaired) electrons. The van der Waals surface area contributed by atoms with Crippen LogP contribution >= 0.6 is 0 Å². The summed E-state index contributed by atoms with van der Waals surface area (Å²) in [5.41, 5.74) is 8.45. The van der Waals surface area contributed by atoms with Gasteiger partial charge in [-0.15, -0.1) is 5.10 Å². The number of amides is 1. The molecule has 1 amide bonds. The molecule has 0 fully saturated rings. The third-order valence-corrected chi connectivity index (χ3v) is 9.96. The molecule has 2 heterocycles. The van der Waals surface area contributed by atoms with Crippen LogP contribution in [0.4, 0.5) is 4.79 Å². The lowest BCUT2D eigenvalue weighted by Gasteiger charge is -2.24. The molecule has 1 unspecified atom stereocenters. The molecule has 61 heavy (non-hydrogen) atoms. The van der Waals surface area contributed by atoms with Crippen molar-refractivity contribution in [2.45, 2.75) is 65.8 Å². The molecule has 2 aromatic heterocycles. The Morgan fingerprint density at radius 1 is 0.721 bits per heavy atom. The normalized spacial score (nSPS) is 12.3. The second kappa shape index (κ2) is 18.1. The molecule has 1 aliphatic rings. The molecular weight excluding hydrogens is 779 g/mol. The van der Waals surface area contributed by atoms with Crippen LogP contribution in [0, 0.1) is 5.92 Å². The number of carbonyl (C=O) groups excluding carboxylic acids is 3. The summed E-state index contributed by atoms with van der Waals surface area (Å²) in [6.07, 6.45) is 1.71. The first-order chi connectivity index (χ1) is 29.3. The lowest BCUT2D eigenvalue weighted by Crippen LogP contribution is -2.47. The van der Waals surface area contributed by atoms with Crippen LogP contribution < -0.4 is 14.8 Å². The van der Waals surface area contributed by atoms with Gasteiger partial charge in [-0.1, -0.05) is 62.4 Å². The van der Waals surface area contributed by atoms with E-state index in [-0.39, 0.29) is 31.4 Å². The van der Waals surface area contributed by atoms with Crippen LogP contribution in [-0.4, -0.2) is 87.1 Å². The van der Waals surface area contributed by atoms with Crippen LogP contribution in [0.25, 0.3) is 33.6 Å². The predicted octanol–water partition coefficient (Wildman–Crippen LogP) is 7.14. The molecule has 0 aliphatic heterocycles. The smallest absolute Gasteiger partial charge is 0.408 e. The lowest BCUT2D eigenvalue weighted by atomic mass is 10.0. The number of alkyl carbamates (subject to hydrolysis) is 1. The van der Waals surface area contributed by atoms with E-state index in [0.717, 1.165) is 50.4 Å². The highest BCUT2D eigenvalue weighted by atomic mass is 16.6. The van der Waals surface area contributed by atoms with E-state index in [1.807, 2.05) is 66.7 Å². The number of carbonyl (C=O) groups is 3. The van der Waals surface area contributed by atoms with Gasteiger partial charge in [-0.2, -0.15) is 24.9 Å². The summed E-state index contributed by atoms with van der Waals surface area (Å²) in [5, 5.41) is 21.2. The molecule has 316 valence electrons. The molecular formula is C46H49N7O8. The SMILES string of the molecule is COc1ccc(Cn2ncc(-c3ccc4c(c3)Cc3cc(-c5nn(Cc6ccc(OC)cc6)nc5C(=O)OCCOC(=O)C(NC(=O)OC(C)(C)C)C(C)C)ccc3-4)n2)cc1. The molecule has 0 saturated carbocycles. The van der Waals surface area contributed by atoms with Gasteiger partial charge >= 0.3 is 18.0 Å². The third-order valence-electron chi connectivity index (χ3n) is 9.96. The standard InChI is InChI=1S/C46H49N7O8/c1-28(2)40(48-45(56)61-46(3,4)5)43(54)59-20-21-60-44(55)42-41(50-53(51-42)27-30-10-16-36(58-7)17-11-30)32-13-19-38-34(23-32)24-33-22-31(12-18-37(33)38)39-25-47-52(49-39)26-29-8-14-35(57-6)15-9-29/h8-19,22-23,25,28,40H,20-21,24,26-27H2,1-7H3,(H,48,56). The fourth-order valence-corrected chi connectivity index (χ4v) is 6.93. The Hall–Kier alpha value is -7.03. The maximum Gasteiger partial charge on any atom is 0.408 e. The summed E-state index contributed by atoms with van der Waals surface area (Å²) in [7, 11) is 3.25. The number of benzene rings is 4. The number of methoxy groups -OCH3 is 2. The Balaban J connectivity index is 1.06. The van der Waals surface area contributed by atoms with Crippen molar-refractivity contribution in [2.24, 2.45) is 5.92 Å². The van der Waals surface area contributed by atoms with E-state index in [4.69, 9.17) is 33.9 Å². The van der Waals surface area contributed by atoms with Crippen molar-refractivity contribution in [1.82, 2.24) is 35.3 Å². The zero-order chi connectivity index (χ0) is 43.3. The number of esters is 2. The molecule has 4 aromatic carbocycles. The molecule has 1 atom stereocenters. The second-order valence-corrected chi connectivity index (χ2v) is 16.0.